The molecule has 35 heavy (non-hydrogen) atoms. The van der Waals surface area contributed by atoms with Crippen molar-refractivity contribution in [2.75, 3.05) is 11.3 Å². The first-order valence-corrected chi connectivity index (χ1v) is 12.5. The highest BCUT2D eigenvalue weighted by Gasteiger charge is 2.22. The van der Waals surface area contributed by atoms with Gasteiger partial charge in [0.1, 0.15) is 11.3 Å². The number of aromatic nitrogens is 2. The van der Waals surface area contributed by atoms with Crippen LogP contribution in [0.3, 0.4) is 0 Å². The molecule has 0 bridgehead atoms. The summed E-state index contributed by atoms with van der Waals surface area (Å²) in [7, 11) is -3.79. The van der Waals surface area contributed by atoms with Crippen molar-refractivity contribution in [3.05, 3.63) is 77.9 Å². The summed E-state index contributed by atoms with van der Waals surface area (Å²) in [6, 6.07) is 19.3. The second kappa shape index (κ2) is 8.92. The van der Waals surface area contributed by atoms with Crippen molar-refractivity contribution in [1.29, 1.82) is 0 Å². The van der Waals surface area contributed by atoms with Crippen LogP contribution in [0.1, 0.15) is 18.1 Å². The van der Waals surface area contributed by atoms with Gasteiger partial charge >= 0.3 is 0 Å². The molecule has 0 aliphatic rings. The normalized spacial score (nSPS) is 11.6. The van der Waals surface area contributed by atoms with E-state index in [1.807, 2.05) is 51.1 Å². The van der Waals surface area contributed by atoms with Crippen LogP contribution in [0, 0.1) is 13.8 Å². The molecule has 0 amide bonds. The van der Waals surface area contributed by atoms with Crippen LogP contribution in [0.4, 0.5) is 5.69 Å². The van der Waals surface area contributed by atoms with Crippen LogP contribution in [0.5, 0.6) is 5.75 Å². The van der Waals surface area contributed by atoms with Gasteiger partial charge in [0, 0.05) is 22.2 Å². The molecule has 0 spiro atoms. The molecule has 3 aromatic carbocycles. The zero-order chi connectivity index (χ0) is 24.6. The molecule has 0 aliphatic heterocycles. The predicted octanol–water partition coefficient (Wildman–Crippen LogP) is 5.97. The number of fused-ring (bicyclic) bond motifs is 1. The molecule has 2 aromatic heterocycles. The molecule has 0 saturated carbocycles. The molecular weight excluding hydrogens is 466 g/mol. The van der Waals surface area contributed by atoms with E-state index < -0.39 is 10.0 Å². The van der Waals surface area contributed by atoms with E-state index in [-0.39, 0.29) is 10.8 Å². The largest absolute Gasteiger partial charge is 0.494 e. The topological polar surface area (TPSA) is 107 Å². The van der Waals surface area contributed by atoms with Crippen LogP contribution in [0.2, 0.25) is 0 Å². The molecule has 178 valence electrons. The van der Waals surface area contributed by atoms with Crippen LogP contribution < -0.4 is 9.46 Å². The fourth-order valence-corrected chi connectivity index (χ4v) is 4.87. The molecule has 8 nitrogen and oxygen atoms in total. The highest BCUT2D eigenvalue weighted by Crippen LogP contribution is 2.34. The average molecular weight is 490 g/mol. The SMILES string of the molecule is CCOc1ccc(-c2noc(-c3oc4ccc(S(=O)(=O)Nc5cccc(C)c5)cc4c3C)n2)cc1. The first kappa shape index (κ1) is 22.7. The summed E-state index contributed by atoms with van der Waals surface area (Å²) in [4.78, 5) is 4.60. The van der Waals surface area contributed by atoms with Gasteiger partial charge in [-0.15, -0.1) is 0 Å². The number of aryl methyl sites for hydroxylation is 2. The third kappa shape index (κ3) is 4.50. The zero-order valence-electron chi connectivity index (χ0n) is 19.4. The Hall–Kier alpha value is -4.11. The molecule has 1 N–H and O–H groups in total. The van der Waals surface area contributed by atoms with Gasteiger partial charge in [-0.2, -0.15) is 4.98 Å². The number of rotatable bonds is 7. The van der Waals surface area contributed by atoms with E-state index in [4.69, 9.17) is 13.7 Å². The summed E-state index contributed by atoms with van der Waals surface area (Å²) >= 11 is 0. The van der Waals surface area contributed by atoms with Crippen LogP contribution in [0.15, 0.2) is 80.6 Å². The van der Waals surface area contributed by atoms with Gasteiger partial charge in [0.05, 0.1) is 11.5 Å². The maximum atomic E-state index is 13.0. The van der Waals surface area contributed by atoms with Crippen molar-refractivity contribution < 1.29 is 22.1 Å². The van der Waals surface area contributed by atoms with E-state index in [0.29, 0.717) is 40.4 Å². The van der Waals surface area contributed by atoms with Gasteiger partial charge in [-0.25, -0.2) is 8.42 Å². The summed E-state index contributed by atoms with van der Waals surface area (Å²) in [5.74, 6) is 1.78. The number of sulfonamides is 1. The monoisotopic (exact) mass is 489 g/mol. The molecular formula is C26H23N3O5S. The van der Waals surface area contributed by atoms with Crippen LogP contribution in [-0.4, -0.2) is 25.2 Å². The Balaban J connectivity index is 1.45. The Bertz CT molecular complexity index is 1620. The first-order chi connectivity index (χ1) is 16.8. The van der Waals surface area contributed by atoms with Crippen LogP contribution in [-0.2, 0) is 10.0 Å². The minimum Gasteiger partial charge on any atom is -0.494 e. The third-order valence-corrected chi connectivity index (χ3v) is 6.91. The fraction of sp³-hybridized carbons (Fsp3) is 0.154. The van der Waals surface area contributed by atoms with Gasteiger partial charge < -0.3 is 13.7 Å². The second-order valence-electron chi connectivity index (χ2n) is 8.07. The van der Waals surface area contributed by atoms with Gasteiger partial charge in [0.25, 0.3) is 15.9 Å². The molecule has 0 unspecified atom stereocenters. The number of anilines is 1. The van der Waals surface area contributed by atoms with E-state index in [1.54, 1.807) is 30.3 Å². The van der Waals surface area contributed by atoms with Crippen molar-refractivity contribution in [3.8, 4) is 28.8 Å². The number of nitrogens with one attached hydrogen (secondary N) is 1. The lowest BCUT2D eigenvalue weighted by Gasteiger charge is -2.08. The number of hydrogen-bond acceptors (Lipinski definition) is 7. The molecule has 5 aromatic rings. The summed E-state index contributed by atoms with van der Waals surface area (Å²) in [6.07, 6.45) is 0. The smallest absolute Gasteiger partial charge is 0.294 e. The Labute approximate surface area is 202 Å². The number of benzene rings is 3. The molecule has 0 radical (unpaired) electrons. The van der Waals surface area contributed by atoms with E-state index in [0.717, 1.165) is 16.9 Å². The molecule has 0 atom stereocenters. The van der Waals surface area contributed by atoms with Gasteiger partial charge in [0.2, 0.25) is 5.82 Å². The molecule has 9 heteroatoms. The minimum atomic E-state index is -3.79. The Morgan fingerprint density at radius 1 is 1.00 bits per heavy atom. The van der Waals surface area contributed by atoms with Crippen molar-refractivity contribution in [2.24, 2.45) is 0 Å². The summed E-state index contributed by atoms with van der Waals surface area (Å²) in [5.41, 5.74) is 3.46. The molecule has 0 aliphatic carbocycles. The summed E-state index contributed by atoms with van der Waals surface area (Å²) < 4.78 is 45.5. The standard InChI is InChI=1S/C26H23N3O5S/c1-4-32-20-10-8-18(9-11-20)25-27-26(34-28-25)24-17(3)22-15-21(12-13-23(22)33-24)35(30,31)29-19-7-5-6-16(2)14-19/h5-15,29H,4H2,1-3H3. The maximum absolute atomic E-state index is 13.0. The van der Waals surface area contributed by atoms with Crippen LogP contribution in [0.25, 0.3) is 34.0 Å². The van der Waals surface area contributed by atoms with Gasteiger partial charge in [0.15, 0.2) is 5.76 Å². The van der Waals surface area contributed by atoms with Crippen LogP contribution >= 0.6 is 0 Å². The lowest BCUT2D eigenvalue weighted by molar-refractivity contribution is 0.340. The van der Waals surface area contributed by atoms with E-state index in [1.165, 1.54) is 6.07 Å². The molecule has 0 saturated heterocycles. The first-order valence-electron chi connectivity index (χ1n) is 11.0. The highest BCUT2D eigenvalue weighted by molar-refractivity contribution is 7.92. The van der Waals surface area contributed by atoms with Crippen molar-refractivity contribution in [3.63, 3.8) is 0 Å². The summed E-state index contributed by atoms with van der Waals surface area (Å²) in [5, 5.41) is 4.71. The van der Waals surface area contributed by atoms with Gasteiger partial charge in [-0.1, -0.05) is 17.3 Å². The Kier molecular flexibility index (Phi) is 5.78. The number of ether oxygens (including phenoxy) is 1. The minimum absolute atomic E-state index is 0.127. The average Bonchev–Trinajstić information content (AvgIpc) is 3.44. The second-order valence-corrected chi connectivity index (χ2v) is 9.75. The summed E-state index contributed by atoms with van der Waals surface area (Å²) in [6.45, 7) is 6.24. The maximum Gasteiger partial charge on any atom is 0.294 e. The lowest BCUT2D eigenvalue weighted by Crippen LogP contribution is -2.12. The number of nitrogens with zero attached hydrogens (tertiary/aromatic N) is 2. The quantitative estimate of drug-likeness (QED) is 0.300. The molecule has 0 fully saturated rings. The predicted molar refractivity (Wildman–Crippen MR) is 133 cm³/mol. The van der Waals surface area contributed by atoms with E-state index in [2.05, 4.69) is 14.9 Å². The molecule has 5 rings (SSSR count). The Morgan fingerprint density at radius 3 is 2.54 bits per heavy atom. The lowest BCUT2D eigenvalue weighted by atomic mass is 10.1. The van der Waals surface area contributed by atoms with E-state index >= 15 is 0 Å². The third-order valence-electron chi connectivity index (χ3n) is 5.53. The van der Waals surface area contributed by atoms with E-state index in [9.17, 15) is 8.42 Å². The fourth-order valence-electron chi connectivity index (χ4n) is 3.79. The number of furan rings is 1. The highest BCUT2D eigenvalue weighted by atomic mass is 32.2. The van der Waals surface area contributed by atoms with Crippen molar-refractivity contribution in [1.82, 2.24) is 10.1 Å². The van der Waals surface area contributed by atoms with Gasteiger partial charge in [-0.3, -0.25) is 4.72 Å². The zero-order valence-corrected chi connectivity index (χ0v) is 20.2. The van der Waals surface area contributed by atoms with Gasteiger partial charge in [-0.05, 0) is 80.9 Å². The number of hydrogen-bond donors (Lipinski definition) is 1. The van der Waals surface area contributed by atoms with Crippen molar-refractivity contribution in [2.45, 2.75) is 25.7 Å². The Morgan fingerprint density at radius 2 is 1.80 bits per heavy atom. The molecule has 2 heterocycles. The van der Waals surface area contributed by atoms with Crippen molar-refractivity contribution >= 4 is 26.7 Å².